The van der Waals surface area contributed by atoms with Crippen LogP contribution in [-0.2, 0) is 16.1 Å². The van der Waals surface area contributed by atoms with Gasteiger partial charge in [0.05, 0.1) is 23.2 Å². The molecule has 8 heteroatoms. The summed E-state index contributed by atoms with van der Waals surface area (Å²) >= 11 is 0. The van der Waals surface area contributed by atoms with Crippen molar-refractivity contribution in [1.29, 1.82) is 0 Å². The summed E-state index contributed by atoms with van der Waals surface area (Å²) in [6.45, 7) is 0.365. The van der Waals surface area contributed by atoms with Crippen LogP contribution in [0.25, 0.3) is 6.08 Å². The van der Waals surface area contributed by atoms with Gasteiger partial charge in [-0.1, -0.05) is 18.2 Å². The third-order valence-corrected chi connectivity index (χ3v) is 3.71. The van der Waals surface area contributed by atoms with E-state index >= 15 is 0 Å². The fourth-order valence-electron chi connectivity index (χ4n) is 2.50. The van der Waals surface area contributed by atoms with Gasteiger partial charge in [-0.25, -0.2) is 0 Å². The number of amides is 1. The van der Waals surface area contributed by atoms with E-state index in [9.17, 15) is 14.9 Å². The highest BCUT2D eigenvalue weighted by Crippen LogP contribution is 2.38. The highest BCUT2D eigenvalue weighted by atomic mass is 16.7. The average Bonchev–Trinajstić information content (AvgIpc) is 3.08. The lowest BCUT2D eigenvalue weighted by atomic mass is 10.1. The SMILES string of the molecule is COCc1ccccc1NC(=O)/C=C\c1cc2c(cc1[N+](=O)[O-])OCO2. The number of hydrogen-bond acceptors (Lipinski definition) is 6. The van der Waals surface area contributed by atoms with Gasteiger partial charge in [-0.05, 0) is 18.2 Å². The molecule has 0 aliphatic carbocycles. The molecule has 2 aromatic carbocycles. The number of ether oxygens (including phenoxy) is 3. The van der Waals surface area contributed by atoms with Gasteiger partial charge >= 0.3 is 0 Å². The second kappa shape index (κ2) is 7.66. The van der Waals surface area contributed by atoms with Crippen molar-refractivity contribution in [2.24, 2.45) is 0 Å². The van der Waals surface area contributed by atoms with Crippen molar-refractivity contribution < 1.29 is 23.9 Å². The normalized spacial score (nSPS) is 12.3. The van der Waals surface area contributed by atoms with Crippen molar-refractivity contribution in [3.8, 4) is 11.5 Å². The number of anilines is 1. The number of benzene rings is 2. The molecule has 0 fully saturated rings. The van der Waals surface area contributed by atoms with Gasteiger partial charge < -0.3 is 19.5 Å². The minimum atomic E-state index is -0.534. The van der Waals surface area contributed by atoms with Gasteiger partial charge in [0, 0.05) is 24.4 Å². The largest absolute Gasteiger partial charge is 0.454 e. The molecule has 1 aliphatic heterocycles. The van der Waals surface area contributed by atoms with Crippen LogP contribution in [0.3, 0.4) is 0 Å². The third-order valence-electron chi connectivity index (χ3n) is 3.71. The maximum atomic E-state index is 12.2. The van der Waals surface area contributed by atoms with Gasteiger partial charge in [0.1, 0.15) is 0 Å². The highest BCUT2D eigenvalue weighted by molar-refractivity contribution is 6.02. The van der Waals surface area contributed by atoms with Crippen LogP contribution >= 0.6 is 0 Å². The summed E-state index contributed by atoms with van der Waals surface area (Å²) in [5, 5.41) is 14.0. The monoisotopic (exact) mass is 356 g/mol. The Kier molecular flexibility index (Phi) is 5.14. The van der Waals surface area contributed by atoms with E-state index in [0.29, 0.717) is 23.8 Å². The van der Waals surface area contributed by atoms with Crippen LogP contribution in [0, 0.1) is 10.1 Å². The summed E-state index contributed by atoms with van der Waals surface area (Å²) in [7, 11) is 1.57. The molecule has 0 aromatic heterocycles. The number of nitrogens with zero attached hydrogens (tertiary/aromatic N) is 1. The fraction of sp³-hybridized carbons (Fsp3) is 0.167. The van der Waals surface area contributed by atoms with E-state index in [1.165, 1.54) is 24.3 Å². The molecule has 1 amide bonds. The second-order valence-electron chi connectivity index (χ2n) is 5.43. The molecule has 2 aromatic rings. The quantitative estimate of drug-likeness (QED) is 0.485. The first-order chi connectivity index (χ1) is 12.6. The molecule has 0 saturated heterocycles. The van der Waals surface area contributed by atoms with Gasteiger partial charge in [0.15, 0.2) is 11.5 Å². The first-order valence-electron chi connectivity index (χ1n) is 7.72. The molecular formula is C18H16N2O6. The Labute approximate surface area is 149 Å². The average molecular weight is 356 g/mol. The topological polar surface area (TPSA) is 99.9 Å². The number of nitrogens with one attached hydrogen (secondary N) is 1. The van der Waals surface area contributed by atoms with Gasteiger partial charge in [0.2, 0.25) is 12.7 Å². The Bertz CT molecular complexity index is 878. The summed E-state index contributed by atoms with van der Waals surface area (Å²) in [4.78, 5) is 22.9. The van der Waals surface area contributed by atoms with Crippen molar-refractivity contribution in [2.45, 2.75) is 6.61 Å². The molecule has 0 radical (unpaired) electrons. The Morgan fingerprint density at radius 1 is 1.31 bits per heavy atom. The van der Waals surface area contributed by atoms with E-state index in [1.54, 1.807) is 19.2 Å². The van der Waals surface area contributed by atoms with Crippen LogP contribution in [0.15, 0.2) is 42.5 Å². The van der Waals surface area contributed by atoms with Crippen LogP contribution in [0.5, 0.6) is 11.5 Å². The molecule has 1 heterocycles. The number of methoxy groups -OCH3 is 1. The van der Waals surface area contributed by atoms with E-state index in [4.69, 9.17) is 14.2 Å². The van der Waals surface area contributed by atoms with Crippen molar-refractivity contribution in [2.75, 3.05) is 19.2 Å². The number of fused-ring (bicyclic) bond motifs is 1. The van der Waals surface area contributed by atoms with Crippen LogP contribution < -0.4 is 14.8 Å². The number of carbonyl (C=O) groups is 1. The summed E-state index contributed by atoms with van der Waals surface area (Å²) < 4.78 is 15.5. The maximum absolute atomic E-state index is 12.2. The lowest BCUT2D eigenvalue weighted by Crippen LogP contribution is -2.10. The van der Waals surface area contributed by atoms with E-state index in [1.807, 2.05) is 12.1 Å². The van der Waals surface area contributed by atoms with Crippen molar-refractivity contribution >= 4 is 23.4 Å². The maximum Gasteiger partial charge on any atom is 0.280 e. The molecule has 134 valence electrons. The molecule has 1 aliphatic rings. The molecule has 8 nitrogen and oxygen atoms in total. The zero-order valence-electron chi connectivity index (χ0n) is 13.9. The third kappa shape index (κ3) is 3.81. The zero-order valence-corrected chi connectivity index (χ0v) is 13.9. The Balaban J connectivity index is 1.80. The number of rotatable bonds is 6. The van der Waals surface area contributed by atoms with Crippen molar-refractivity contribution in [1.82, 2.24) is 0 Å². The lowest BCUT2D eigenvalue weighted by Gasteiger charge is -2.08. The van der Waals surface area contributed by atoms with Crippen molar-refractivity contribution in [3.05, 3.63) is 63.7 Å². The molecule has 3 rings (SSSR count). The molecular weight excluding hydrogens is 340 g/mol. The van der Waals surface area contributed by atoms with Gasteiger partial charge in [-0.3, -0.25) is 14.9 Å². The lowest BCUT2D eigenvalue weighted by molar-refractivity contribution is -0.385. The standard InChI is InChI=1S/C18H16N2O6/c1-24-10-13-4-2-3-5-14(13)19-18(21)7-6-12-8-16-17(26-11-25-16)9-15(12)20(22)23/h2-9H,10-11H2,1H3,(H,19,21)/b7-6-. The molecule has 0 saturated carbocycles. The molecule has 0 unspecified atom stereocenters. The number of nitro groups is 1. The Morgan fingerprint density at radius 3 is 2.77 bits per heavy atom. The van der Waals surface area contributed by atoms with Crippen molar-refractivity contribution in [3.63, 3.8) is 0 Å². The van der Waals surface area contributed by atoms with Gasteiger partial charge in [0.25, 0.3) is 5.69 Å². The zero-order chi connectivity index (χ0) is 18.5. The first-order valence-corrected chi connectivity index (χ1v) is 7.72. The number of carbonyl (C=O) groups excluding carboxylic acids is 1. The number of hydrogen-bond donors (Lipinski definition) is 1. The highest BCUT2D eigenvalue weighted by Gasteiger charge is 2.22. The number of para-hydroxylation sites is 1. The Morgan fingerprint density at radius 2 is 2.04 bits per heavy atom. The van der Waals surface area contributed by atoms with Crippen LogP contribution in [-0.4, -0.2) is 24.7 Å². The predicted octanol–water partition coefficient (Wildman–Crippen LogP) is 3.12. The fourth-order valence-corrected chi connectivity index (χ4v) is 2.50. The Hall–Kier alpha value is -3.39. The summed E-state index contributed by atoms with van der Waals surface area (Å²) in [5.74, 6) is 0.299. The van der Waals surface area contributed by atoms with Gasteiger partial charge in [-0.15, -0.1) is 0 Å². The van der Waals surface area contributed by atoms with Crippen LogP contribution in [0.1, 0.15) is 11.1 Å². The van der Waals surface area contributed by atoms with E-state index in [0.717, 1.165) is 5.56 Å². The first kappa shape index (κ1) is 17.4. The minimum absolute atomic E-state index is 0.0103. The minimum Gasteiger partial charge on any atom is -0.454 e. The van der Waals surface area contributed by atoms with Crippen LogP contribution in [0.2, 0.25) is 0 Å². The van der Waals surface area contributed by atoms with Gasteiger partial charge in [-0.2, -0.15) is 0 Å². The van der Waals surface area contributed by atoms with Crippen LogP contribution in [0.4, 0.5) is 11.4 Å². The molecule has 0 bridgehead atoms. The molecule has 1 N–H and O–H groups in total. The predicted molar refractivity (Wildman–Crippen MR) is 94.0 cm³/mol. The summed E-state index contributed by atoms with van der Waals surface area (Å²) in [6, 6.07) is 9.99. The summed E-state index contributed by atoms with van der Waals surface area (Å²) in [5.41, 5.74) is 1.52. The molecule has 26 heavy (non-hydrogen) atoms. The second-order valence-corrected chi connectivity index (χ2v) is 5.43. The van der Waals surface area contributed by atoms with E-state index in [2.05, 4.69) is 5.32 Å². The number of nitro benzene ring substituents is 1. The molecule has 0 spiro atoms. The smallest absolute Gasteiger partial charge is 0.280 e. The molecule has 0 atom stereocenters. The van der Waals surface area contributed by atoms with E-state index < -0.39 is 10.8 Å². The summed E-state index contributed by atoms with van der Waals surface area (Å²) in [6.07, 6.45) is 2.60. The van der Waals surface area contributed by atoms with E-state index in [-0.39, 0.29) is 18.0 Å².